The first kappa shape index (κ1) is 18.2. The summed E-state index contributed by atoms with van der Waals surface area (Å²) >= 11 is 0. The van der Waals surface area contributed by atoms with E-state index in [1.807, 2.05) is 0 Å². The van der Waals surface area contributed by atoms with Crippen molar-refractivity contribution in [2.45, 2.75) is 74.1 Å². The van der Waals surface area contributed by atoms with Gasteiger partial charge in [0.1, 0.15) is 0 Å². The topological polar surface area (TPSA) is 0 Å². The second kappa shape index (κ2) is 7.72. The molecule has 1 atom stereocenters. The third kappa shape index (κ3) is 6.80. The maximum absolute atomic E-state index is 4.04. The minimum Gasteiger partial charge on any atom is -0.103 e. The van der Waals surface area contributed by atoms with Crippen LogP contribution in [0.3, 0.4) is 0 Å². The smallest absolute Gasteiger partial charge is 0.00977 e. The highest BCUT2D eigenvalue weighted by atomic mass is 14.4. The van der Waals surface area contributed by atoms with Crippen molar-refractivity contribution in [1.82, 2.24) is 0 Å². The van der Waals surface area contributed by atoms with Crippen LogP contribution in [-0.4, -0.2) is 0 Å². The van der Waals surface area contributed by atoms with E-state index in [0.29, 0.717) is 0 Å². The molecule has 0 spiro atoms. The summed E-state index contributed by atoms with van der Waals surface area (Å²) in [6, 6.07) is 0. The van der Waals surface area contributed by atoms with E-state index in [1.165, 1.54) is 30.4 Å². The van der Waals surface area contributed by atoms with E-state index < -0.39 is 0 Å². The molecule has 0 saturated heterocycles. The Morgan fingerprint density at radius 1 is 0.947 bits per heavy atom. The van der Waals surface area contributed by atoms with Gasteiger partial charge in [-0.15, -0.1) is 6.58 Å². The molecule has 0 aromatic heterocycles. The Morgan fingerprint density at radius 2 is 1.53 bits per heavy atom. The molecule has 0 aliphatic heterocycles. The highest BCUT2D eigenvalue weighted by Gasteiger charge is 2.33. The van der Waals surface area contributed by atoms with Crippen molar-refractivity contribution in [1.29, 1.82) is 0 Å². The fraction of sp³-hybridized carbons (Fsp3) is 0.684. The van der Waals surface area contributed by atoms with E-state index in [-0.39, 0.29) is 10.8 Å². The first-order chi connectivity index (χ1) is 8.62. The van der Waals surface area contributed by atoms with Gasteiger partial charge in [-0.1, -0.05) is 57.1 Å². The lowest BCUT2D eigenvalue weighted by molar-refractivity contribution is 0.157. The lowest BCUT2D eigenvalue weighted by Gasteiger charge is -2.39. The molecule has 0 radical (unpaired) electrons. The van der Waals surface area contributed by atoms with Crippen molar-refractivity contribution >= 4 is 0 Å². The monoisotopic (exact) mass is 262 g/mol. The molecule has 110 valence electrons. The molecule has 0 rings (SSSR count). The Morgan fingerprint density at radius 3 is 1.95 bits per heavy atom. The van der Waals surface area contributed by atoms with Crippen LogP contribution in [0.2, 0.25) is 0 Å². The molecule has 0 bridgehead atoms. The Kier molecular flexibility index (Phi) is 7.41. The lowest BCUT2D eigenvalue weighted by atomic mass is 9.65. The normalized spacial score (nSPS) is 15.8. The van der Waals surface area contributed by atoms with Gasteiger partial charge in [0, 0.05) is 0 Å². The van der Waals surface area contributed by atoms with Gasteiger partial charge in [-0.2, -0.15) is 0 Å². The van der Waals surface area contributed by atoms with Gasteiger partial charge in [-0.3, -0.25) is 0 Å². The van der Waals surface area contributed by atoms with Gasteiger partial charge < -0.3 is 0 Å². The molecule has 0 amide bonds. The van der Waals surface area contributed by atoms with Crippen molar-refractivity contribution in [3.63, 3.8) is 0 Å². The van der Waals surface area contributed by atoms with E-state index in [1.54, 1.807) is 0 Å². The maximum Gasteiger partial charge on any atom is -0.00977 e. The second-order valence-electron chi connectivity index (χ2n) is 7.28. The predicted molar refractivity (Wildman–Crippen MR) is 89.4 cm³/mol. The van der Waals surface area contributed by atoms with Gasteiger partial charge in [0.2, 0.25) is 0 Å². The summed E-state index contributed by atoms with van der Waals surface area (Å²) in [5.74, 6) is 0. The summed E-state index contributed by atoms with van der Waals surface area (Å²) in [6.07, 6.45) is 11.6. The van der Waals surface area contributed by atoms with Crippen molar-refractivity contribution in [3.05, 3.63) is 36.0 Å². The summed E-state index contributed by atoms with van der Waals surface area (Å²) in [5.41, 5.74) is 3.42. The van der Waals surface area contributed by atoms with Gasteiger partial charge in [0.05, 0.1) is 0 Å². The Balaban J connectivity index is 4.33. The molecule has 1 unspecified atom stereocenters. The van der Waals surface area contributed by atoms with Crippen LogP contribution in [0.1, 0.15) is 74.1 Å². The van der Waals surface area contributed by atoms with Crippen LogP contribution in [0.15, 0.2) is 36.0 Å². The highest BCUT2D eigenvalue weighted by molar-refractivity contribution is 5.05. The van der Waals surface area contributed by atoms with E-state index >= 15 is 0 Å². The zero-order chi connectivity index (χ0) is 15.1. The molecule has 0 heterocycles. The van der Waals surface area contributed by atoms with E-state index in [2.05, 4.69) is 73.3 Å². The molecular weight excluding hydrogens is 228 g/mol. The number of hydrogen-bond donors (Lipinski definition) is 0. The van der Waals surface area contributed by atoms with Crippen molar-refractivity contribution in [3.8, 4) is 0 Å². The number of allylic oxidation sites excluding steroid dienone is 5. The van der Waals surface area contributed by atoms with Crippen LogP contribution in [0.5, 0.6) is 0 Å². The van der Waals surface area contributed by atoms with Crippen molar-refractivity contribution < 1.29 is 0 Å². The largest absolute Gasteiger partial charge is 0.103 e. The van der Waals surface area contributed by atoms with Gasteiger partial charge in [0.25, 0.3) is 0 Å². The summed E-state index contributed by atoms with van der Waals surface area (Å²) < 4.78 is 0. The quantitative estimate of drug-likeness (QED) is 0.448. The van der Waals surface area contributed by atoms with E-state index in [0.717, 1.165) is 6.42 Å². The van der Waals surface area contributed by atoms with Crippen molar-refractivity contribution in [2.24, 2.45) is 10.8 Å². The second-order valence-corrected chi connectivity index (χ2v) is 7.28. The molecule has 0 nitrogen and oxygen atoms in total. The van der Waals surface area contributed by atoms with Crippen LogP contribution < -0.4 is 0 Å². The van der Waals surface area contributed by atoms with Crippen LogP contribution in [0.25, 0.3) is 0 Å². The van der Waals surface area contributed by atoms with Gasteiger partial charge in [0.15, 0.2) is 0 Å². The Bertz CT molecular complexity index is 332. The molecule has 19 heavy (non-hydrogen) atoms. The average molecular weight is 262 g/mol. The summed E-state index contributed by atoms with van der Waals surface area (Å²) in [4.78, 5) is 0. The van der Waals surface area contributed by atoms with Gasteiger partial charge >= 0.3 is 0 Å². The van der Waals surface area contributed by atoms with Crippen LogP contribution in [0.4, 0.5) is 0 Å². The van der Waals surface area contributed by atoms with Crippen LogP contribution in [-0.2, 0) is 0 Å². The minimum atomic E-state index is 0.212. The fourth-order valence-corrected chi connectivity index (χ4v) is 2.09. The molecule has 0 aromatic rings. The SMILES string of the molecule is C=CC(C)(CC/C=C(\C)CCC=C(C)C)C(C)(C)C. The minimum absolute atomic E-state index is 0.212. The van der Waals surface area contributed by atoms with E-state index in [4.69, 9.17) is 0 Å². The first-order valence-electron chi connectivity index (χ1n) is 7.55. The number of rotatable bonds is 7. The summed E-state index contributed by atoms with van der Waals surface area (Å²) in [7, 11) is 0. The zero-order valence-electron chi connectivity index (χ0n) is 14.3. The molecule has 0 aliphatic carbocycles. The van der Waals surface area contributed by atoms with Crippen LogP contribution >= 0.6 is 0 Å². The molecule has 0 aromatic carbocycles. The van der Waals surface area contributed by atoms with Crippen LogP contribution in [0, 0.1) is 10.8 Å². The maximum atomic E-state index is 4.04. The number of hydrogen-bond acceptors (Lipinski definition) is 0. The molecular formula is C19H34. The molecule has 0 saturated carbocycles. The third-order valence-corrected chi connectivity index (χ3v) is 4.41. The zero-order valence-corrected chi connectivity index (χ0v) is 14.3. The van der Waals surface area contributed by atoms with Gasteiger partial charge in [-0.25, -0.2) is 0 Å². The fourth-order valence-electron chi connectivity index (χ4n) is 2.09. The Labute approximate surface area is 121 Å². The predicted octanol–water partition coefficient (Wildman–Crippen LogP) is 6.70. The lowest BCUT2D eigenvalue weighted by Crippen LogP contribution is -2.30. The van der Waals surface area contributed by atoms with Gasteiger partial charge in [-0.05, 0) is 57.3 Å². The van der Waals surface area contributed by atoms with Crippen molar-refractivity contribution in [2.75, 3.05) is 0 Å². The summed E-state index contributed by atoms with van der Waals surface area (Å²) in [5, 5.41) is 0. The molecule has 0 heteroatoms. The van der Waals surface area contributed by atoms with E-state index in [9.17, 15) is 0 Å². The Hall–Kier alpha value is -0.780. The average Bonchev–Trinajstić information content (AvgIpc) is 2.26. The molecule has 0 N–H and O–H groups in total. The molecule has 0 aliphatic rings. The summed E-state index contributed by atoms with van der Waals surface area (Å²) in [6.45, 7) is 19.9. The standard InChI is InChI=1S/C19H34/c1-9-19(8,18(5,6)7)15-11-14-17(4)13-10-12-16(2)3/h9,12,14H,1,10-11,13,15H2,2-8H3/b17-14+. The first-order valence-corrected chi connectivity index (χ1v) is 7.55. The molecule has 0 fully saturated rings. The highest BCUT2D eigenvalue weighted by Crippen LogP contribution is 2.43. The third-order valence-electron chi connectivity index (χ3n) is 4.41.